The molecule has 0 fully saturated rings. The van der Waals surface area contributed by atoms with Crippen LogP contribution in [0.1, 0.15) is 10.5 Å². The highest BCUT2D eigenvalue weighted by molar-refractivity contribution is 7.14. The number of thiazole rings is 1. The summed E-state index contributed by atoms with van der Waals surface area (Å²) >= 11 is 7.14. The monoisotopic (exact) mass is 383 g/mol. The second kappa shape index (κ2) is 6.98. The molecule has 4 aromatic rings. The molecule has 10 heteroatoms. The van der Waals surface area contributed by atoms with Crippen molar-refractivity contribution in [3.63, 3.8) is 0 Å². The molecule has 0 radical (unpaired) electrons. The number of carbonyl (C=O) groups excluding carboxylic acids is 1. The number of pyridine rings is 2. The lowest BCUT2D eigenvalue weighted by Gasteiger charge is -2.04. The highest BCUT2D eigenvalue weighted by Gasteiger charge is 2.16. The minimum absolute atomic E-state index is 0.277. The highest BCUT2D eigenvalue weighted by Crippen LogP contribution is 2.24. The number of hydrogen-bond acceptors (Lipinski definition) is 7. The summed E-state index contributed by atoms with van der Waals surface area (Å²) in [5.41, 5.74) is 2.24. The van der Waals surface area contributed by atoms with Crippen molar-refractivity contribution >= 4 is 34.0 Å². The largest absolute Gasteiger partial charge is 0.296 e. The molecule has 1 N–H and O–H groups in total. The molecule has 0 aliphatic carbocycles. The van der Waals surface area contributed by atoms with E-state index >= 15 is 0 Å². The van der Waals surface area contributed by atoms with Gasteiger partial charge in [-0.1, -0.05) is 16.8 Å². The molecule has 26 heavy (non-hydrogen) atoms. The number of nitrogens with zero attached hydrogens (tertiary/aromatic N) is 6. The van der Waals surface area contributed by atoms with E-state index in [9.17, 15) is 4.79 Å². The molecule has 128 valence electrons. The fourth-order valence-electron chi connectivity index (χ4n) is 2.20. The van der Waals surface area contributed by atoms with Gasteiger partial charge in [0.2, 0.25) is 0 Å². The number of hydrogen-bond donors (Lipinski definition) is 1. The van der Waals surface area contributed by atoms with Crippen LogP contribution < -0.4 is 5.32 Å². The van der Waals surface area contributed by atoms with Gasteiger partial charge in [-0.05, 0) is 24.3 Å². The molecule has 0 bridgehead atoms. The summed E-state index contributed by atoms with van der Waals surface area (Å²) in [5.74, 6) is -0.371. The summed E-state index contributed by atoms with van der Waals surface area (Å²) in [6.07, 6.45) is 6.17. The zero-order valence-electron chi connectivity index (χ0n) is 13.1. The first-order chi connectivity index (χ1) is 12.7. The number of nitrogens with one attached hydrogen (secondary N) is 1. The van der Waals surface area contributed by atoms with Gasteiger partial charge in [-0.2, -0.15) is 0 Å². The van der Waals surface area contributed by atoms with Crippen LogP contribution in [-0.2, 0) is 0 Å². The Balaban J connectivity index is 1.55. The summed E-state index contributed by atoms with van der Waals surface area (Å²) in [5, 5.41) is 13.3. The van der Waals surface area contributed by atoms with E-state index in [1.807, 2.05) is 5.38 Å². The molecule has 4 rings (SSSR count). The second-order valence-corrected chi connectivity index (χ2v) is 6.39. The lowest BCUT2D eigenvalue weighted by Crippen LogP contribution is -2.17. The third kappa shape index (κ3) is 3.30. The maximum absolute atomic E-state index is 12.6. The Hall–Kier alpha value is -3.17. The molecule has 0 aliphatic heterocycles. The summed E-state index contributed by atoms with van der Waals surface area (Å²) < 4.78 is 1.41. The number of aromatic nitrogens is 6. The van der Waals surface area contributed by atoms with Gasteiger partial charge in [0.15, 0.2) is 10.8 Å². The third-order valence-electron chi connectivity index (χ3n) is 3.39. The predicted octanol–water partition coefficient (Wildman–Crippen LogP) is 3.09. The Morgan fingerprint density at radius 1 is 1.15 bits per heavy atom. The van der Waals surface area contributed by atoms with E-state index in [0.29, 0.717) is 27.2 Å². The van der Waals surface area contributed by atoms with E-state index in [1.165, 1.54) is 22.2 Å². The average Bonchev–Trinajstić information content (AvgIpc) is 3.32. The number of halogens is 1. The summed E-state index contributed by atoms with van der Waals surface area (Å²) in [4.78, 5) is 25.2. The van der Waals surface area contributed by atoms with Crippen LogP contribution in [0.15, 0.2) is 54.4 Å². The van der Waals surface area contributed by atoms with Crippen LogP contribution in [0.25, 0.3) is 17.1 Å². The standard InChI is InChI=1S/C16H10ClN7OS/c17-10-3-4-12(19-6-10)13-9-26-16(21-13)22-15(25)14-8-20-23-24(14)11-2-1-5-18-7-11/h1-9H,(H,21,22,25). The Morgan fingerprint density at radius 3 is 2.85 bits per heavy atom. The molecule has 1 amide bonds. The summed E-state index contributed by atoms with van der Waals surface area (Å²) in [6, 6.07) is 7.04. The first kappa shape index (κ1) is 16.3. The molecular weight excluding hydrogens is 374 g/mol. The first-order valence-corrected chi connectivity index (χ1v) is 8.66. The summed E-state index contributed by atoms with van der Waals surface area (Å²) in [6.45, 7) is 0. The van der Waals surface area contributed by atoms with E-state index in [2.05, 4.69) is 30.6 Å². The quantitative estimate of drug-likeness (QED) is 0.581. The van der Waals surface area contributed by atoms with Crippen LogP contribution in [0.3, 0.4) is 0 Å². The van der Waals surface area contributed by atoms with Crippen LogP contribution in [0.4, 0.5) is 5.13 Å². The van der Waals surface area contributed by atoms with Crippen molar-refractivity contribution in [1.82, 2.24) is 29.9 Å². The zero-order valence-corrected chi connectivity index (χ0v) is 14.6. The molecule has 0 saturated carbocycles. The highest BCUT2D eigenvalue weighted by atomic mass is 35.5. The van der Waals surface area contributed by atoms with Gasteiger partial charge in [-0.25, -0.2) is 9.67 Å². The van der Waals surface area contributed by atoms with Crippen LogP contribution in [-0.4, -0.2) is 35.9 Å². The van der Waals surface area contributed by atoms with Gasteiger partial charge in [-0.15, -0.1) is 16.4 Å². The lowest BCUT2D eigenvalue weighted by atomic mass is 10.3. The molecule has 0 unspecified atom stereocenters. The normalized spacial score (nSPS) is 10.7. The molecule has 8 nitrogen and oxygen atoms in total. The van der Waals surface area contributed by atoms with Crippen molar-refractivity contribution < 1.29 is 4.79 Å². The average molecular weight is 384 g/mol. The Kier molecular flexibility index (Phi) is 4.38. The van der Waals surface area contributed by atoms with Crippen LogP contribution >= 0.6 is 22.9 Å². The molecule has 0 atom stereocenters. The fraction of sp³-hybridized carbons (Fsp3) is 0. The Morgan fingerprint density at radius 2 is 2.08 bits per heavy atom. The first-order valence-electron chi connectivity index (χ1n) is 7.40. The van der Waals surface area contributed by atoms with Crippen molar-refractivity contribution in [2.24, 2.45) is 0 Å². The van der Waals surface area contributed by atoms with E-state index in [0.717, 1.165) is 0 Å². The lowest BCUT2D eigenvalue weighted by molar-refractivity contribution is 0.101. The van der Waals surface area contributed by atoms with Crippen molar-refractivity contribution in [1.29, 1.82) is 0 Å². The van der Waals surface area contributed by atoms with Gasteiger partial charge in [-0.3, -0.25) is 20.1 Å². The number of carbonyl (C=O) groups is 1. The molecule has 4 heterocycles. The van der Waals surface area contributed by atoms with Crippen LogP contribution in [0.5, 0.6) is 0 Å². The zero-order chi connectivity index (χ0) is 17.9. The van der Waals surface area contributed by atoms with Gasteiger partial charge >= 0.3 is 0 Å². The van der Waals surface area contributed by atoms with Gasteiger partial charge < -0.3 is 0 Å². The van der Waals surface area contributed by atoms with Gasteiger partial charge in [0.25, 0.3) is 5.91 Å². The van der Waals surface area contributed by atoms with Gasteiger partial charge in [0, 0.05) is 17.8 Å². The number of rotatable bonds is 4. The molecule has 0 aromatic carbocycles. The van der Waals surface area contributed by atoms with Gasteiger partial charge in [0.05, 0.1) is 28.8 Å². The van der Waals surface area contributed by atoms with Crippen LogP contribution in [0, 0.1) is 0 Å². The fourth-order valence-corrected chi connectivity index (χ4v) is 3.01. The van der Waals surface area contributed by atoms with Crippen molar-refractivity contribution in [3.05, 3.63) is 65.1 Å². The van der Waals surface area contributed by atoms with Crippen molar-refractivity contribution in [2.45, 2.75) is 0 Å². The van der Waals surface area contributed by atoms with Crippen LogP contribution in [0.2, 0.25) is 5.02 Å². The SMILES string of the molecule is O=C(Nc1nc(-c2ccc(Cl)cn2)cs1)c1cnnn1-c1cccnc1. The molecular formula is C16H10ClN7OS. The van der Waals surface area contributed by atoms with E-state index in [4.69, 9.17) is 11.6 Å². The second-order valence-electron chi connectivity index (χ2n) is 5.10. The minimum Gasteiger partial charge on any atom is -0.296 e. The number of anilines is 1. The Bertz CT molecular complexity index is 1050. The maximum Gasteiger partial charge on any atom is 0.277 e. The maximum atomic E-state index is 12.6. The van der Waals surface area contributed by atoms with Crippen molar-refractivity contribution in [3.8, 4) is 17.1 Å². The minimum atomic E-state index is -0.371. The number of amides is 1. The molecule has 4 aromatic heterocycles. The van der Waals surface area contributed by atoms with E-state index in [-0.39, 0.29) is 11.6 Å². The Labute approximate surface area is 156 Å². The topological polar surface area (TPSA) is 98.5 Å². The predicted molar refractivity (Wildman–Crippen MR) is 97.5 cm³/mol. The van der Waals surface area contributed by atoms with Crippen molar-refractivity contribution in [2.75, 3.05) is 5.32 Å². The third-order valence-corrected chi connectivity index (χ3v) is 4.37. The van der Waals surface area contributed by atoms with E-state index < -0.39 is 0 Å². The summed E-state index contributed by atoms with van der Waals surface area (Å²) in [7, 11) is 0. The molecule has 0 saturated heterocycles. The van der Waals surface area contributed by atoms with Gasteiger partial charge in [0.1, 0.15) is 5.69 Å². The molecule has 0 spiro atoms. The van der Waals surface area contributed by atoms with E-state index in [1.54, 1.807) is 42.9 Å². The smallest absolute Gasteiger partial charge is 0.277 e. The molecule has 0 aliphatic rings.